The van der Waals surface area contributed by atoms with Crippen LogP contribution in [0.25, 0.3) is 10.9 Å². The first-order valence-electron chi connectivity index (χ1n) is 9.28. The Labute approximate surface area is 158 Å². The van der Waals surface area contributed by atoms with Crippen LogP contribution in [0.2, 0.25) is 0 Å². The summed E-state index contributed by atoms with van der Waals surface area (Å²) in [6, 6.07) is 7.80. The number of amides is 2. The van der Waals surface area contributed by atoms with Crippen LogP contribution in [0.15, 0.2) is 30.5 Å². The number of hydrogen-bond acceptors (Lipinski definition) is 4. The molecule has 0 bridgehead atoms. The monoisotopic (exact) mass is 371 g/mol. The molecule has 27 heavy (non-hydrogen) atoms. The fourth-order valence-electron chi connectivity index (χ4n) is 3.88. The van der Waals surface area contributed by atoms with Gasteiger partial charge in [0.25, 0.3) is 5.91 Å². The number of likely N-dealkylation sites (tertiary alicyclic amines) is 1. The van der Waals surface area contributed by atoms with E-state index in [9.17, 15) is 9.59 Å². The van der Waals surface area contributed by atoms with Crippen LogP contribution in [-0.2, 0) is 14.3 Å². The minimum atomic E-state index is -0.341. The van der Waals surface area contributed by atoms with E-state index in [0.29, 0.717) is 31.7 Å². The van der Waals surface area contributed by atoms with Crippen LogP contribution in [0.4, 0.5) is 0 Å². The van der Waals surface area contributed by atoms with Crippen LogP contribution < -0.4 is 0 Å². The number of nitrogens with zero attached hydrogens (tertiary/aromatic N) is 2. The zero-order valence-electron chi connectivity index (χ0n) is 15.7. The van der Waals surface area contributed by atoms with Crippen LogP contribution >= 0.6 is 0 Å². The number of ether oxygens (including phenoxy) is 2. The average Bonchev–Trinajstić information content (AvgIpc) is 3.07. The highest BCUT2D eigenvalue weighted by Gasteiger charge is 2.50. The van der Waals surface area contributed by atoms with Gasteiger partial charge in [0.15, 0.2) is 0 Å². The molecule has 3 heterocycles. The van der Waals surface area contributed by atoms with E-state index in [0.717, 1.165) is 17.3 Å². The fourth-order valence-corrected chi connectivity index (χ4v) is 3.88. The van der Waals surface area contributed by atoms with Crippen LogP contribution in [0, 0.1) is 0 Å². The van der Waals surface area contributed by atoms with Gasteiger partial charge in [0, 0.05) is 44.2 Å². The molecule has 0 aliphatic carbocycles. The van der Waals surface area contributed by atoms with Crippen molar-refractivity contribution in [3.05, 3.63) is 36.0 Å². The van der Waals surface area contributed by atoms with E-state index < -0.39 is 0 Å². The van der Waals surface area contributed by atoms with Crippen LogP contribution in [-0.4, -0.2) is 78.7 Å². The maximum absolute atomic E-state index is 12.9. The summed E-state index contributed by atoms with van der Waals surface area (Å²) < 4.78 is 11.8. The summed E-state index contributed by atoms with van der Waals surface area (Å²) in [6.45, 7) is 1.81. The summed E-state index contributed by atoms with van der Waals surface area (Å²) in [7, 11) is 3.44. The Bertz CT molecular complexity index is 854. The molecule has 2 saturated heterocycles. The smallest absolute Gasteiger partial charge is 0.256 e. The summed E-state index contributed by atoms with van der Waals surface area (Å²) in [5.41, 5.74) is 1.32. The first-order valence-corrected chi connectivity index (χ1v) is 9.28. The third-order valence-electron chi connectivity index (χ3n) is 5.45. The normalized spacial score (nSPS) is 21.3. The van der Waals surface area contributed by atoms with Gasteiger partial charge in [0.05, 0.1) is 24.8 Å². The van der Waals surface area contributed by atoms with Gasteiger partial charge in [0.1, 0.15) is 12.2 Å². The minimum Gasteiger partial charge on any atom is -0.371 e. The Morgan fingerprint density at radius 3 is 2.89 bits per heavy atom. The van der Waals surface area contributed by atoms with E-state index in [4.69, 9.17) is 9.47 Å². The lowest BCUT2D eigenvalue weighted by molar-refractivity contribution is -0.188. The average molecular weight is 371 g/mol. The molecule has 7 heteroatoms. The Morgan fingerprint density at radius 2 is 2.11 bits per heavy atom. The van der Waals surface area contributed by atoms with E-state index in [-0.39, 0.29) is 30.1 Å². The van der Waals surface area contributed by atoms with Gasteiger partial charge < -0.3 is 24.3 Å². The standard InChI is InChI=1S/C20H25N3O4/c1-22(2)18(24)11-26-14-7-8-27-20(9-14)12-23(13-20)19(25)16-10-21-17-6-4-3-5-15(16)17/h3-6,10,14,21H,7-9,11-13H2,1-2H3. The lowest BCUT2D eigenvalue weighted by Gasteiger charge is -2.52. The molecule has 2 amide bonds. The second-order valence-corrected chi connectivity index (χ2v) is 7.65. The number of rotatable bonds is 4. The quantitative estimate of drug-likeness (QED) is 0.887. The molecule has 2 aliphatic rings. The molecule has 2 aliphatic heterocycles. The molecule has 1 aromatic carbocycles. The molecule has 0 saturated carbocycles. The van der Waals surface area contributed by atoms with Gasteiger partial charge in [0.2, 0.25) is 5.91 Å². The number of nitrogens with one attached hydrogen (secondary N) is 1. The molecule has 1 unspecified atom stereocenters. The molecule has 0 radical (unpaired) electrons. The highest BCUT2D eigenvalue weighted by molar-refractivity contribution is 6.07. The molecule has 1 spiro atoms. The molecule has 2 aromatic rings. The molecule has 2 fully saturated rings. The van der Waals surface area contributed by atoms with Crippen molar-refractivity contribution < 1.29 is 19.1 Å². The maximum Gasteiger partial charge on any atom is 0.256 e. The highest BCUT2D eigenvalue weighted by atomic mass is 16.5. The second-order valence-electron chi connectivity index (χ2n) is 7.65. The van der Waals surface area contributed by atoms with E-state index in [1.54, 1.807) is 20.3 Å². The van der Waals surface area contributed by atoms with Gasteiger partial charge in [-0.1, -0.05) is 18.2 Å². The summed E-state index contributed by atoms with van der Waals surface area (Å²) in [6.07, 6.45) is 3.26. The Balaban J connectivity index is 1.36. The van der Waals surface area contributed by atoms with Crippen molar-refractivity contribution in [3.8, 4) is 0 Å². The summed E-state index contributed by atoms with van der Waals surface area (Å²) in [5.74, 6) is -0.0206. The summed E-state index contributed by atoms with van der Waals surface area (Å²) in [4.78, 5) is 31.1. The second kappa shape index (κ2) is 6.98. The van der Waals surface area contributed by atoms with Gasteiger partial charge in [-0.15, -0.1) is 0 Å². The van der Waals surface area contributed by atoms with Gasteiger partial charge in [-0.25, -0.2) is 0 Å². The van der Waals surface area contributed by atoms with E-state index in [2.05, 4.69) is 4.98 Å². The lowest BCUT2D eigenvalue weighted by Crippen LogP contribution is -2.67. The largest absolute Gasteiger partial charge is 0.371 e. The van der Waals surface area contributed by atoms with Crippen molar-refractivity contribution in [2.24, 2.45) is 0 Å². The van der Waals surface area contributed by atoms with Gasteiger partial charge in [-0.3, -0.25) is 9.59 Å². The molecule has 1 aromatic heterocycles. The highest BCUT2D eigenvalue weighted by Crippen LogP contribution is 2.36. The minimum absolute atomic E-state index is 0.00649. The van der Waals surface area contributed by atoms with E-state index in [1.807, 2.05) is 29.2 Å². The fraction of sp³-hybridized carbons (Fsp3) is 0.500. The topological polar surface area (TPSA) is 74.9 Å². The van der Waals surface area contributed by atoms with Crippen LogP contribution in [0.5, 0.6) is 0 Å². The summed E-state index contributed by atoms with van der Waals surface area (Å²) in [5, 5.41) is 0.941. The predicted octanol–water partition coefficient (Wildman–Crippen LogP) is 1.65. The zero-order chi connectivity index (χ0) is 19.0. The number of likely N-dealkylation sites (N-methyl/N-ethyl adjacent to an activating group) is 1. The molecule has 1 atom stereocenters. The number of aromatic nitrogens is 1. The third-order valence-corrected chi connectivity index (χ3v) is 5.45. The molecular weight excluding hydrogens is 346 g/mol. The van der Waals surface area contributed by atoms with Gasteiger partial charge in [-0.2, -0.15) is 0 Å². The Kier molecular flexibility index (Phi) is 4.65. The van der Waals surface area contributed by atoms with Crippen LogP contribution in [0.1, 0.15) is 23.2 Å². The van der Waals surface area contributed by atoms with Crippen molar-refractivity contribution in [1.82, 2.24) is 14.8 Å². The molecule has 4 rings (SSSR count). The third kappa shape index (κ3) is 3.44. The first kappa shape index (κ1) is 18.0. The Hall–Kier alpha value is -2.38. The number of carbonyl (C=O) groups is 2. The SMILES string of the molecule is CN(C)C(=O)COC1CCOC2(C1)CN(C(=O)c1c[nH]c3ccccc13)C2. The molecule has 144 valence electrons. The van der Waals surface area contributed by atoms with Gasteiger partial charge >= 0.3 is 0 Å². The van der Waals surface area contributed by atoms with Crippen molar-refractivity contribution >= 4 is 22.7 Å². The summed E-state index contributed by atoms with van der Waals surface area (Å²) >= 11 is 0. The Morgan fingerprint density at radius 1 is 1.33 bits per heavy atom. The lowest BCUT2D eigenvalue weighted by atomic mass is 9.84. The van der Waals surface area contributed by atoms with Crippen molar-refractivity contribution in [2.75, 3.05) is 40.4 Å². The van der Waals surface area contributed by atoms with Crippen molar-refractivity contribution in [3.63, 3.8) is 0 Å². The van der Waals surface area contributed by atoms with E-state index in [1.165, 1.54) is 4.90 Å². The van der Waals surface area contributed by atoms with Crippen LogP contribution in [0.3, 0.4) is 0 Å². The number of para-hydroxylation sites is 1. The molecule has 7 nitrogen and oxygen atoms in total. The van der Waals surface area contributed by atoms with E-state index >= 15 is 0 Å². The number of H-pyrrole nitrogens is 1. The van der Waals surface area contributed by atoms with Crippen molar-refractivity contribution in [2.45, 2.75) is 24.5 Å². The molecular formula is C20H25N3O4. The van der Waals surface area contributed by atoms with Crippen molar-refractivity contribution in [1.29, 1.82) is 0 Å². The number of hydrogen-bond donors (Lipinski definition) is 1. The number of benzene rings is 1. The first-order chi connectivity index (χ1) is 13.0. The zero-order valence-corrected chi connectivity index (χ0v) is 15.7. The molecule has 1 N–H and O–H groups in total. The maximum atomic E-state index is 12.9. The van der Waals surface area contributed by atoms with Gasteiger partial charge in [-0.05, 0) is 12.5 Å². The number of fused-ring (bicyclic) bond motifs is 1. The number of aromatic amines is 1. The number of carbonyl (C=O) groups excluding carboxylic acids is 2. The predicted molar refractivity (Wildman–Crippen MR) is 101 cm³/mol.